The summed E-state index contributed by atoms with van der Waals surface area (Å²) in [5.41, 5.74) is 0.414. The molecule has 0 bridgehead atoms. The highest BCUT2D eigenvalue weighted by molar-refractivity contribution is 5.96. The minimum Gasteiger partial charge on any atom is -0.481 e. The number of amides is 3. The zero-order valence-electron chi connectivity index (χ0n) is 20.7. The number of carboxylic acids is 1. The van der Waals surface area contributed by atoms with Gasteiger partial charge in [-0.3, -0.25) is 14.4 Å². The first kappa shape index (κ1) is 28.0. The van der Waals surface area contributed by atoms with E-state index >= 15 is 0 Å². The lowest BCUT2D eigenvalue weighted by Gasteiger charge is -2.35. The first-order valence-corrected chi connectivity index (χ1v) is 11.9. The summed E-state index contributed by atoms with van der Waals surface area (Å²) in [5.74, 6) is -2.95. The summed E-state index contributed by atoms with van der Waals surface area (Å²) >= 11 is 0. The Morgan fingerprint density at radius 1 is 1.03 bits per heavy atom. The van der Waals surface area contributed by atoms with Crippen molar-refractivity contribution in [1.82, 2.24) is 24.9 Å². The number of rotatable bonds is 11. The SMILES string of the molecule is CCOC(=O)COc1cc(C(=O)N[C@@H](CCC(=O)O)C(=O)N2CCN(C(=O)O)CC2)nn1-c1ccccc1. The van der Waals surface area contributed by atoms with Gasteiger partial charge >= 0.3 is 18.0 Å². The molecule has 0 unspecified atom stereocenters. The van der Waals surface area contributed by atoms with E-state index in [4.69, 9.17) is 19.7 Å². The van der Waals surface area contributed by atoms with Crippen molar-refractivity contribution in [2.45, 2.75) is 25.8 Å². The fourth-order valence-corrected chi connectivity index (χ4v) is 3.76. The van der Waals surface area contributed by atoms with E-state index in [0.29, 0.717) is 5.69 Å². The number of hydrogen-bond acceptors (Lipinski definition) is 8. The first-order valence-electron chi connectivity index (χ1n) is 11.9. The maximum absolute atomic E-state index is 13.1. The van der Waals surface area contributed by atoms with Crippen molar-refractivity contribution in [2.75, 3.05) is 39.4 Å². The smallest absolute Gasteiger partial charge is 0.407 e. The Bertz CT molecular complexity index is 1160. The lowest BCUT2D eigenvalue weighted by atomic mass is 10.1. The van der Waals surface area contributed by atoms with Crippen molar-refractivity contribution in [3.63, 3.8) is 0 Å². The van der Waals surface area contributed by atoms with Crippen LogP contribution in [0.2, 0.25) is 0 Å². The number of aliphatic carboxylic acids is 1. The molecular weight excluding hydrogens is 502 g/mol. The number of carbonyl (C=O) groups excluding carboxylic acids is 3. The van der Waals surface area contributed by atoms with Gasteiger partial charge in [-0.1, -0.05) is 18.2 Å². The van der Waals surface area contributed by atoms with E-state index in [1.165, 1.54) is 20.5 Å². The van der Waals surface area contributed by atoms with Crippen LogP contribution in [-0.2, 0) is 19.1 Å². The molecule has 1 aliphatic heterocycles. The minimum absolute atomic E-state index is 0.0765. The molecule has 2 aromatic rings. The number of benzene rings is 1. The van der Waals surface area contributed by atoms with Gasteiger partial charge in [0.05, 0.1) is 12.3 Å². The van der Waals surface area contributed by atoms with Gasteiger partial charge in [-0.25, -0.2) is 14.3 Å². The van der Waals surface area contributed by atoms with Gasteiger partial charge in [0.15, 0.2) is 12.3 Å². The molecule has 0 saturated carbocycles. The highest BCUT2D eigenvalue weighted by atomic mass is 16.6. The van der Waals surface area contributed by atoms with Gasteiger partial charge in [0.25, 0.3) is 5.91 Å². The molecule has 0 aliphatic carbocycles. The number of aromatic nitrogens is 2. The summed E-state index contributed by atoms with van der Waals surface area (Å²) in [7, 11) is 0. The van der Waals surface area contributed by atoms with Crippen molar-refractivity contribution in [2.24, 2.45) is 0 Å². The van der Waals surface area contributed by atoms with Gasteiger partial charge in [0.2, 0.25) is 11.8 Å². The summed E-state index contributed by atoms with van der Waals surface area (Å²) in [5, 5.41) is 25.1. The molecule has 3 rings (SSSR count). The normalized spacial score (nSPS) is 13.9. The molecule has 0 spiro atoms. The summed E-state index contributed by atoms with van der Waals surface area (Å²) in [6.45, 7) is 1.83. The highest BCUT2D eigenvalue weighted by Crippen LogP contribution is 2.20. The lowest BCUT2D eigenvalue weighted by molar-refractivity contribution is -0.145. The fraction of sp³-hybridized carbons (Fsp3) is 0.417. The van der Waals surface area contributed by atoms with Crippen LogP contribution in [0.1, 0.15) is 30.3 Å². The number of hydrogen-bond donors (Lipinski definition) is 3. The number of ether oxygens (including phenoxy) is 2. The maximum atomic E-state index is 13.1. The van der Waals surface area contributed by atoms with E-state index in [-0.39, 0.29) is 57.2 Å². The molecule has 204 valence electrons. The Morgan fingerprint density at radius 2 is 1.68 bits per heavy atom. The van der Waals surface area contributed by atoms with E-state index in [0.717, 1.165) is 0 Å². The molecule has 3 amide bonds. The van der Waals surface area contributed by atoms with Crippen LogP contribution in [0.3, 0.4) is 0 Å². The van der Waals surface area contributed by atoms with Crippen LogP contribution in [0, 0.1) is 0 Å². The first-order chi connectivity index (χ1) is 18.2. The van der Waals surface area contributed by atoms with Crippen LogP contribution in [0.4, 0.5) is 4.79 Å². The summed E-state index contributed by atoms with van der Waals surface area (Å²) in [6, 6.07) is 8.82. The van der Waals surface area contributed by atoms with Crippen LogP contribution in [0.25, 0.3) is 5.69 Å². The highest BCUT2D eigenvalue weighted by Gasteiger charge is 2.31. The number of piperazine rings is 1. The minimum atomic E-state index is -1.18. The fourth-order valence-electron chi connectivity index (χ4n) is 3.76. The molecule has 0 radical (unpaired) electrons. The quantitative estimate of drug-likeness (QED) is 0.347. The molecule has 14 nitrogen and oxygen atoms in total. The number of nitrogens with zero attached hydrogens (tertiary/aromatic N) is 4. The van der Waals surface area contributed by atoms with Gasteiger partial charge < -0.3 is 34.8 Å². The zero-order valence-corrected chi connectivity index (χ0v) is 20.7. The van der Waals surface area contributed by atoms with Crippen molar-refractivity contribution in [1.29, 1.82) is 0 Å². The van der Waals surface area contributed by atoms with Gasteiger partial charge in [0, 0.05) is 38.7 Å². The van der Waals surface area contributed by atoms with Crippen molar-refractivity contribution < 1.29 is 43.7 Å². The molecule has 1 atom stereocenters. The summed E-state index contributed by atoms with van der Waals surface area (Å²) in [4.78, 5) is 62.9. The largest absolute Gasteiger partial charge is 0.481 e. The number of nitrogens with one attached hydrogen (secondary N) is 1. The third kappa shape index (κ3) is 7.44. The second kappa shape index (κ2) is 13.1. The average Bonchev–Trinajstić information content (AvgIpc) is 3.34. The molecule has 14 heteroatoms. The molecule has 2 heterocycles. The molecule has 1 aromatic carbocycles. The van der Waals surface area contributed by atoms with Gasteiger partial charge in [-0.05, 0) is 25.5 Å². The predicted molar refractivity (Wildman–Crippen MR) is 130 cm³/mol. The second-order valence-corrected chi connectivity index (χ2v) is 8.26. The Morgan fingerprint density at radius 3 is 2.29 bits per heavy atom. The molecule has 3 N–H and O–H groups in total. The molecular formula is C24H29N5O9. The molecule has 1 saturated heterocycles. The van der Waals surface area contributed by atoms with Crippen molar-refractivity contribution in [3.05, 3.63) is 42.1 Å². The third-order valence-electron chi connectivity index (χ3n) is 5.67. The summed E-state index contributed by atoms with van der Waals surface area (Å²) in [6.07, 6.45) is -1.65. The molecule has 1 fully saturated rings. The predicted octanol–water partition coefficient (Wildman–Crippen LogP) is 0.600. The Labute approximate surface area is 217 Å². The average molecular weight is 532 g/mol. The number of carbonyl (C=O) groups is 5. The maximum Gasteiger partial charge on any atom is 0.407 e. The van der Waals surface area contributed by atoms with Gasteiger partial charge in [-0.15, -0.1) is 0 Å². The van der Waals surface area contributed by atoms with Crippen LogP contribution in [0.5, 0.6) is 5.88 Å². The van der Waals surface area contributed by atoms with E-state index in [2.05, 4.69) is 10.4 Å². The summed E-state index contributed by atoms with van der Waals surface area (Å²) < 4.78 is 11.7. The Balaban J connectivity index is 1.79. The van der Waals surface area contributed by atoms with Crippen LogP contribution < -0.4 is 10.1 Å². The third-order valence-corrected chi connectivity index (χ3v) is 5.67. The van der Waals surface area contributed by atoms with Crippen LogP contribution >= 0.6 is 0 Å². The standard InChI is InChI=1S/C24H29N5O9/c1-2-37-21(32)15-38-19-14-18(26-29(19)16-6-4-3-5-7-16)22(33)25-17(8-9-20(30)31)23(34)27-10-12-28(13-11-27)24(35)36/h3-7,14,17H,2,8-13,15H2,1H3,(H,25,33)(H,30,31)(H,35,36)/t17-/m0/s1. The van der Waals surface area contributed by atoms with E-state index < -0.39 is 42.5 Å². The second-order valence-electron chi connectivity index (χ2n) is 8.26. The van der Waals surface area contributed by atoms with E-state index in [9.17, 15) is 24.0 Å². The molecule has 1 aromatic heterocycles. The van der Waals surface area contributed by atoms with Crippen molar-refractivity contribution in [3.8, 4) is 11.6 Å². The Hall–Kier alpha value is -4.62. The number of para-hydroxylation sites is 1. The van der Waals surface area contributed by atoms with Crippen LogP contribution in [-0.4, -0.2) is 105 Å². The number of carboxylic acid groups (broad SMARTS) is 2. The zero-order chi connectivity index (χ0) is 27.7. The monoisotopic (exact) mass is 531 g/mol. The van der Waals surface area contributed by atoms with Crippen molar-refractivity contribution >= 4 is 29.8 Å². The van der Waals surface area contributed by atoms with E-state index in [1.54, 1.807) is 37.3 Å². The topological polar surface area (TPSA) is 181 Å². The molecule has 38 heavy (non-hydrogen) atoms. The lowest BCUT2D eigenvalue weighted by Crippen LogP contribution is -2.55. The van der Waals surface area contributed by atoms with Crippen LogP contribution in [0.15, 0.2) is 36.4 Å². The van der Waals surface area contributed by atoms with Gasteiger partial charge in [-0.2, -0.15) is 5.10 Å². The Kier molecular flexibility index (Phi) is 9.62. The number of esters is 1. The van der Waals surface area contributed by atoms with Gasteiger partial charge in [0.1, 0.15) is 6.04 Å². The van der Waals surface area contributed by atoms with E-state index in [1.807, 2.05) is 0 Å². The molecule has 1 aliphatic rings.